The van der Waals surface area contributed by atoms with Gasteiger partial charge in [0.2, 0.25) is 5.78 Å². The third kappa shape index (κ3) is 3.82. The molecule has 1 aromatic rings. The standard InChI is InChI=1S/C15H17ClN2O3/c1-2-21-15(20)12(9-18-10-5-3-6-10)13(19)11-7-4-8-17-14(11)16/h4,7-10,18H,2-3,5-6H2,1H3. The minimum atomic E-state index is -0.658. The summed E-state index contributed by atoms with van der Waals surface area (Å²) in [5, 5.41) is 3.15. The van der Waals surface area contributed by atoms with Crippen LogP contribution in [0.4, 0.5) is 0 Å². The molecule has 112 valence electrons. The molecule has 0 radical (unpaired) electrons. The van der Waals surface area contributed by atoms with E-state index in [2.05, 4.69) is 10.3 Å². The number of esters is 1. The summed E-state index contributed by atoms with van der Waals surface area (Å²) in [7, 11) is 0. The lowest BCUT2D eigenvalue weighted by Crippen LogP contribution is -2.32. The van der Waals surface area contributed by atoms with Crippen molar-refractivity contribution in [2.24, 2.45) is 0 Å². The summed E-state index contributed by atoms with van der Waals surface area (Å²) >= 11 is 5.91. The molecule has 1 fully saturated rings. The van der Waals surface area contributed by atoms with Crippen molar-refractivity contribution >= 4 is 23.4 Å². The van der Waals surface area contributed by atoms with E-state index < -0.39 is 11.8 Å². The predicted molar refractivity (Wildman–Crippen MR) is 79.1 cm³/mol. The first-order valence-electron chi connectivity index (χ1n) is 6.92. The van der Waals surface area contributed by atoms with Gasteiger partial charge >= 0.3 is 5.97 Å². The Morgan fingerprint density at radius 3 is 2.86 bits per heavy atom. The van der Waals surface area contributed by atoms with Gasteiger partial charge in [0.25, 0.3) is 0 Å². The number of nitrogens with one attached hydrogen (secondary N) is 1. The van der Waals surface area contributed by atoms with Crippen LogP contribution in [-0.4, -0.2) is 29.4 Å². The number of carbonyl (C=O) groups is 2. The maximum absolute atomic E-state index is 12.5. The minimum Gasteiger partial charge on any atom is -0.462 e. The zero-order valence-electron chi connectivity index (χ0n) is 11.8. The normalized spacial score (nSPS) is 15.2. The number of ether oxygens (including phenoxy) is 1. The molecule has 0 aliphatic heterocycles. The highest BCUT2D eigenvalue weighted by Crippen LogP contribution is 2.20. The molecule has 1 saturated carbocycles. The van der Waals surface area contributed by atoms with Crippen LogP contribution in [0.25, 0.3) is 0 Å². The fourth-order valence-corrected chi connectivity index (χ4v) is 2.11. The van der Waals surface area contributed by atoms with E-state index in [1.807, 2.05) is 0 Å². The van der Waals surface area contributed by atoms with Crippen LogP contribution in [0.2, 0.25) is 5.15 Å². The summed E-state index contributed by atoms with van der Waals surface area (Å²) in [4.78, 5) is 28.3. The van der Waals surface area contributed by atoms with Crippen LogP contribution < -0.4 is 5.32 Å². The van der Waals surface area contributed by atoms with E-state index in [0.717, 1.165) is 19.3 Å². The maximum Gasteiger partial charge on any atom is 0.343 e. The van der Waals surface area contributed by atoms with Crippen LogP contribution in [0, 0.1) is 0 Å². The molecule has 0 amide bonds. The molecule has 1 N–H and O–H groups in total. The molecule has 1 aliphatic rings. The summed E-state index contributed by atoms with van der Waals surface area (Å²) in [6, 6.07) is 3.45. The Balaban J connectivity index is 2.23. The number of aromatic nitrogens is 1. The molecule has 0 bridgehead atoms. The molecule has 0 atom stereocenters. The van der Waals surface area contributed by atoms with Gasteiger partial charge in [0.15, 0.2) is 0 Å². The van der Waals surface area contributed by atoms with Crippen molar-refractivity contribution in [1.29, 1.82) is 0 Å². The fourth-order valence-electron chi connectivity index (χ4n) is 1.90. The number of carbonyl (C=O) groups excluding carboxylic acids is 2. The number of nitrogens with zero attached hydrogens (tertiary/aromatic N) is 1. The monoisotopic (exact) mass is 308 g/mol. The van der Waals surface area contributed by atoms with Crippen molar-refractivity contribution in [2.45, 2.75) is 32.2 Å². The summed E-state index contributed by atoms with van der Waals surface area (Å²) in [5.41, 5.74) is 0.132. The number of hydrogen-bond donors (Lipinski definition) is 1. The number of hydrogen-bond acceptors (Lipinski definition) is 5. The van der Waals surface area contributed by atoms with Crippen LogP contribution >= 0.6 is 11.6 Å². The number of pyridine rings is 1. The molecule has 2 rings (SSSR count). The molecular formula is C15H17ClN2O3. The lowest BCUT2D eigenvalue weighted by Gasteiger charge is -2.25. The smallest absolute Gasteiger partial charge is 0.343 e. The zero-order valence-corrected chi connectivity index (χ0v) is 12.5. The van der Waals surface area contributed by atoms with Gasteiger partial charge in [0.05, 0.1) is 12.2 Å². The van der Waals surface area contributed by atoms with Crippen LogP contribution in [-0.2, 0) is 9.53 Å². The maximum atomic E-state index is 12.5. The first-order chi connectivity index (χ1) is 10.1. The van der Waals surface area contributed by atoms with E-state index >= 15 is 0 Å². The summed E-state index contributed by atoms with van der Waals surface area (Å²) in [6.45, 7) is 1.89. The molecule has 1 aromatic heterocycles. The van der Waals surface area contributed by atoms with Gasteiger partial charge in [-0.3, -0.25) is 4.79 Å². The molecule has 6 heteroatoms. The quantitative estimate of drug-likeness (QED) is 0.218. The Bertz CT molecular complexity index is 568. The van der Waals surface area contributed by atoms with Crippen molar-refractivity contribution in [3.63, 3.8) is 0 Å². The Morgan fingerprint density at radius 1 is 1.52 bits per heavy atom. The largest absolute Gasteiger partial charge is 0.462 e. The molecule has 5 nitrogen and oxygen atoms in total. The van der Waals surface area contributed by atoms with Crippen molar-refractivity contribution in [3.8, 4) is 0 Å². The van der Waals surface area contributed by atoms with Crippen molar-refractivity contribution in [1.82, 2.24) is 10.3 Å². The van der Waals surface area contributed by atoms with E-state index in [4.69, 9.17) is 16.3 Å². The van der Waals surface area contributed by atoms with E-state index in [9.17, 15) is 9.59 Å². The molecular weight excluding hydrogens is 292 g/mol. The summed E-state index contributed by atoms with van der Waals surface area (Å²) < 4.78 is 4.94. The zero-order chi connectivity index (χ0) is 15.2. The predicted octanol–water partition coefficient (Wildman–Crippen LogP) is 2.51. The molecule has 0 saturated heterocycles. The Morgan fingerprint density at radius 2 is 2.29 bits per heavy atom. The second kappa shape index (κ2) is 7.22. The van der Waals surface area contributed by atoms with Gasteiger partial charge < -0.3 is 10.1 Å². The van der Waals surface area contributed by atoms with Crippen LogP contribution in [0.1, 0.15) is 36.5 Å². The topological polar surface area (TPSA) is 68.3 Å². The summed E-state index contributed by atoms with van der Waals surface area (Å²) in [6.07, 6.45) is 6.15. The third-order valence-electron chi connectivity index (χ3n) is 3.31. The van der Waals surface area contributed by atoms with Crippen molar-refractivity contribution in [3.05, 3.63) is 40.8 Å². The third-order valence-corrected chi connectivity index (χ3v) is 3.61. The SMILES string of the molecule is CCOC(=O)C(=CNC1CCC1)C(=O)c1cccnc1Cl. The van der Waals surface area contributed by atoms with Crippen LogP contribution in [0.15, 0.2) is 30.1 Å². The Kier molecular flexibility index (Phi) is 5.33. The lowest BCUT2D eigenvalue weighted by molar-refractivity contribution is -0.138. The average molecular weight is 309 g/mol. The van der Waals surface area contributed by atoms with E-state index in [1.54, 1.807) is 13.0 Å². The van der Waals surface area contributed by atoms with Gasteiger partial charge in [0, 0.05) is 18.4 Å². The van der Waals surface area contributed by atoms with Gasteiger partial charge in [-0.2, -0.15) is 0 Å². The highest BCUT2D eigenvalue weighted by Gasteiger charge is 2.24. The van der Waals surface area contributed by atoms with Crippen molar-refractivity contribution in [2.75, 3.05) is 6.61 Å². The fraction of sp³-hybridized carbons (Fsp3) is 0.400. The Labute approximate surface area is 128 Å². The molecule has 0 unspecified atom stereocenters. The van der Waals surface area contributed by atoms with Crippen LogP contribution in [0.3, 0.4) is 0 Å². The minimum absolute atomic E-state index is 0.0568. The van der Waals surface area contributed by atoms with Gasteiger partial charge in [-0.05, 0) is 38.3 Å². The average Bonchev–Trinajstić information content (AvgIpc) is 2.41. The Hall–Kier alpha value is -1.88. The molecule has 1 heterocycles. The highest BCUT2D eigenvalue weighted by molar-refractivity contribution is 6.35. The molecule has 0 spiro atoms. The van der Waals surface area contributed by atoms with Crippen LogP contribution in [0.5, 0.6) is 0 Å². The first-order valence-corrected chi connectivity index (χ1v) is 7.29. The first kappa shape index (κ1) is 15.5. The second-order valence-corrected chi connectivity index (χ2v) is 5.10. The molecule has 21 heavy (non-hydrogen) atoms. The van der Waals surface area contributed by atoms with Gasteiger partial charge in [-0.25, -0.2) is 9.78 Å². The number of halogens is 1. The van der Waals surface area contributed by atoms with E-state index in [1.165, 1.54) is 18.5 Å². The van der Waals surface area contributed by atoms with E-state index in [-0.39, 0.29) is 22.9 Å². The lowest BCUT2D eigenvalue weighted by atomic mass is 9.93. The highest BCUT2D eigenvalue weighted by atomic mass is 35.5. The van der Waals surface area contributed by atoms with Gasteiger partial charge in [0.1, 0.15) is 10.7 Å². The number of Topliss-reactive ketones (excluding diaryl/α,β-unsaturated/α-hetero) is 1. The summed E-state index contributed by atoms with van der Waals surface area (Å²) in [5.74, 6) is -1.15. The number of rotatable bonds is 6. The van der Waals surface area contributed by atoms with E-state index in [0.29, 0.717) is 6.04 Å². The van der Waals surface area contributed by atoms with Crippen molar-refractivity contribution < 1.29 is 14.3 Å². The second-order valence-electron chi connectivity index (χ2n) is 4.74. The molecule has 0 aromatic carbocycles. The molecule has 1 aliphatic carbocycles. The van der Waals surface area contributed by atoms with Gasteiger partial charge in [-0.1, -0.05) is 11.6 Å². The van der Waals surface area contributed by atoms with Gasteiger partial charge in [-0.15, -0.1) is 0 Å². The number of ketones is 1.